The lowest BCUT2D eigenvalue weighted by Crippen LogP contribution is -2.28. The Morgan fingerprint density at radius 3 is 2.69 bits per heavy atom. The average Bonchev–Trinajstić information content (AvgIpc) is 2.58. The summed E-state index contributed by atoms with van der Waals surface area (Å²) in [6, 6.07) is 8.71. The molecule has 6 nitrogen and oxygen atoms in total. The summed E-state index contributed by atoms with van der Waals surface area (Å²) in [6.45, 7) is 7.44. The van der Waals surface area contributed by atoms with Gasteiger partial charge in [-0.1, -0.05) is 0 Å². The van der Waals surface area contributed by atoms with Crippen molar-refractivity contribution < 1.29 is 17.9 Å². The maximum Gasteiger partial charge on any atom is 0.262 e. The van der Waals surface area contributed by atoms with Gasteiger partial charge in [-0.15, -0.1) is 0 Å². The molecule has 0 saturated carbocycles. The van der Waals surface area contributed by atoms with Crippen LogP contribution in [-0.4, -0.2) is 35.2 Å². The SMILES string of the molecule is CCOc1cc(C)c(S(=O)(=O)Nc2ccc3c(c2)N(C)CCO3)cc1C. The van der Waals surface area contributed by atoms with Crippen LogP contribution < -0.4 is 19.1 Å². The molecule has 0 spiro atoms. The molecule has 0 aromatic heterocycles. The summed E-state index contributed by atoms with van der Waals surface area (Å²) < 4.78 is 39.6. The fraction of sp³-hybridized carbons (Fsp3) is 0.368. The number of benzene rings is 2. The molecular weight excluding hydrogens is 352 g/mol. The van der Waals surface area contributed by atoms with E-state index in [0.29, 0.717) is 30.2 Å². The minimum Gasteiger partial charge on any atom is -0.494 e. The molecule has 1 aliphatic heterocycles. The van der Waals surface area contributed by atoms with E-state index < -0.39 is 10.0 Å². The predicted octanol–water partition coefficient (Wildman–Crippen LogP) is 3.33. The van der Waals surface area contributed by atoms with Crippen molar-refractivity contribution in [2.45, 2.75) is 25.7 Å². The summed E-state index contributed by atoms with van der Waals surface area (Å²) >= 11 is 0. The fourth-order valence-corrected chi connectivity index (χ4v) is 4.35. The second-order valence-electron chi connectivity index (χ2n) is 6.37. The fourth-order valence-electron chi connectivity index (χ4n) is 2.99. The molecule has 140 valence electrons. The molecule has 0 saturated heterocycles. The minimum atomic E-state index is -3.71. The van der Waals surface area contributed by atoms with Gasteiger partial charge < -0.3 is 14.4 Å². The van der Waals surface area contributed by atoms with E-state index in [1.165, 1.54) is 0 Å². The molecule has 2 aromatic carbocycles. The van der Waals surface area contributed by atoms with E-state index in [-0.39, 0.29) is 4.90 Å². The smallest absolute Gasteiger partial charge is 0.262 e. The third-order valence-electron chi connectivity index (χ3n) is 4.37. The van der Waals surface area contributed by atoms with E-state index in [1.807, 2.05) is 25.8 Å². The largest absolute Gasteiger partial charge is 0.494 e. The van der Waals surface area contributed by atoms with Crippen LogP contribution in [-0.2, 0) is 10.0 Å². The number of hydrogen-bond acceptors (Lipinski definition) is 5. The Bertz CT molecular complexity index is 925. The lowest BCUT2D eigenvalue weighted by molar-refractivity contribution is 0.311. The highest BCUT2D eigenvalue weighted by atomic mass is 32.2. The van der Waals surface area contributed by atoms with Gasteiger partial charge in [-0.05, 0) is 62.2 Å². The molecule has 0 bridgehead atoms. The number of likely N-dealkylation sites (N-methyl/N-ethyl adjacent to an activating group) is 1. The van der Waals surface area contributed by atoms with Crippen molar-refractivity contribution in [2.24, 2.45) is 0 Å². The van der Waals surface area contributed by atoms with Crippen molar-refractivity contribution in [3.63, 3.8) is 0 Å². The Morgan fingerprint density at radius 2 is 1.96 bits per heavy atom. The van der Waals surface area contributed by atoms with E-state index >= 15 is 0 Å². The summed E-state index contributed by atoms with van der Waals surface area (Å²) in [4.78, 5) is 2.30. The Balaban J connectivity index is 1.92. The van der Waals surface area contributed by atoms with Gasteiger partial charge in [0.1, 0.15) is 18.1 Å². The second kappa shape index (κ2) is 7.07. The first-order chi connectivity index (χ1) is 12.3. The van der Waals surface area contributed by atoms with Crippen molar-refractivity contribution in [2.75, 3.05) is 36.4 Å². The van der Waals surface area contributed by atoms with Crippen LogP contribution >= 0.6 is 0 Å². The topological polar surface area (TPSA) is 67.9 Å². The van der Waals surface area contributed by atoms with Gasteiger partial charge in [-0.2, -0.15) is 0 Å². The maximum atomic E-state index is 12.9. The quantitative estimate of drug-likeness (QED) is 0.867. The van der Waals surface area contributed by atoms with Crippen molar-refractivity contribution in [1.29, 1.82) is 0 Å². The summed E-state index contributed by atoms with van der Waals surface area (Å²) in [5.41, 5.74) is 2.81. The molecule has 1 N–H and O–H groups in total. The van der Waals surface area contributed by atoms with Crippen molar-refractivity contribution in [3.05, 3.63) is 41.5 Å². The van der Waals surface area contributed by atoms with Crippen molar-refractivity contribution >= 4 is 21.4 Å². The third-order valence-corrected chi connectivity index (χ3v) is 5.89. The summed E-state index contributed by atoms with van der Waals surface area (Å²) in [5, 5.41) is 0. The van der Waals surface area contributed by atoms with Crippen molar-refractivity contribution in [1.82, 2.24) is 0 Å². The van der Waals surface area contributed by atoms with E-state index in [0.717, 1.165) is 23.5 Å². The Kier molecular flexibility index (Phi) is 5.00. The normalized spacial score (nSPS) is 13.8. The Morgan fingerprint density at radius 1 is 1.19 bits per heavy atom. The first kappa shape index (κ1) is 18.4. The van der Waals surface area contributed by atoms with E-state index in [1.54, 1.807) is 37.3 Å². The molecule has 1 aliphatic rings. The number of hydrogen-bond donors (Lipinski definition) is 1. The highest BCUT2D eigenvalue weighted by molar-refractivity contribution is 7.92. The number of fused-ring (bicyclic) bond motifs is 1. The zero-order valence-electron chi connectivity index (χ0n) is 15.5. The predicted molar refractivity (Wildman–Crippen MR) is 103 cm³/mol. The minimum absolute atomic E-state index is 0.251. The van der Waals surface area contributed by atoms with Crippen LogP contribution in [0.4, 0.5) is 11.4 Å². The number of ether oxygens (including phenoxy) is 2. The average molecular weight is 376 g/mol. The van der Waals surface area contributed by atoms with E-state index in [2.05, 4.69) is 4.72 Å². The van der Waals surface area contributed by atoms with Gasteiger partial charge in [0, 0.05) is 7.05 Å². The van der Waals surface area contributed by atoms with Gasteiger partial charge in [0.2, 0.25) is 0 Å². The van der Waals surface area contributed by atoms with Crippen molar-refractivity contribution in [3.8, 4) is 11.5 Å². The van der Waals surface area contributed by atoms with Crippen LogP contribution in [0.5, 0.6) is 11.5 Å². The van der Waals surface area contributed by atoms with E-state index in [4.69, 9.17) is 9.47 Å². The third kappa shape index (κ3) is 3.58. The van der Waals surface area contributed by atoms with Crippen LogP contribution in [0, 0.1) is 13.8 Å². The van der Waals surface area contributed by atoms with Gasteiger partial charge in [0.15, 0.2) is 0 Å². The summed E-state index contributed by atoms with van der Waals surface area (Å²) in [7, 11) is -1.75. The monoisotopic (exact) mass is 376 g/mol. The number of anilines is 2. The first-order valence-electron chi connectivity index (χ1n) is 8.56. The van der Waals surface area contributed by atoms with Crippen LogP contribution in [0.25, 0.3) is 0 Å². The van der Waals surface area contributed by atoms with Crippen LogP contribution in [0.3, 0.4) is 0 Å². The van der Waals surface area contributed by atoms with Gasteiger partial charge in [0.05, 0.1) is 29.4 Å². The van der Waals surface area contributed by atoms with Gasteiger partial charge >= 0.3 is 0 Å². The number of aryl methyl sites for hydroxylation is 2. The lowest BCUT2D eigenvalue weighted by atomic mass is 10.1. The number of nitrogens with zero attached hydrogens (tertiary/aromatic N) is 1. The molecule has 1 heterocycles. The lowest BCUT2D eigenvalue weighted by Gasteiger charge is -2.28. The van der Waals surface area contributed by atoms with Gasteiger partial charge in [-0.3, -0.25) is 4.72 Å². The maximum absolute atomic E-state index is 12.9. The van der Waals surface area contributed by atoms with E-state index in [9.17, 15) is 8.42 Å². The molecule has 0 unspecified atom stereocenters. The number of rotatable bonds is 5. The molecule has 26 heavy (non-hydrogen) atoms. The highest BCUT2D eigenvalue weighted by Gasteiger charge is 2.21. The Hall–Kier alpha value is -2.41. The molecular formula is C19H24N2O4S. The second-order valence-corrected chi connectivity index (χ2v) is 8.03. The molecule has 0 radical (unpaired) electrons. The van der Waals surface area contributed by atoms with Crippen LogP contribution in [0.15, 0.2) is 35.2 Å². The first-order valence-corrected chi connectivity index (χ1v) is 10.0. The van der Waals surface area contributed by atoms with Gasteiger partial charge in [0.25, 0.3) is 10.0 Å². The zero-order valence-corrected chi connectivity index (χ0v) is 16.3. The number of nitrogens with one attached hydrogen (secondary N) is 1. The molecule has 0 fully saturated rings. The molecule has 7 heteroatoms. The van der Waals surface area contributed by atoms with Crippen LogP contribution in [0.2, 0.25) is 0 Å². The Labute approximate surface area is 154 Å². The molecule has 2 aromatic rings. The molecule has 0 atom stereocenters. The number of sulfonamides is 1. The van der Waals surface area contributed by atoms with Gasteiger partial charge in [-0.25, -0.2) is 8.42 Å². The van der Waals surface area contributed by atoms with Crippen LogP contribution in [0.1, 0.15) is 18.1 Å². The zero-order chi connectivity index (χ0) is 18.9. The standard InChI is InChI=1S/C19H24N2O4S/c1-5-24-18-10-14(3)19(11-13(18)2)26(22,23)20-15-6-7-17-16(12-15)21(4)8-9-25-17/h6-7,10-12,20H,5,8-9H2,1-4H3. The summed E-state index contributed by atoms with van der Waals surface area (Å²) in [5.74, 6) is 1.46. The highest BCUT2D eigenvalue weighted by Crippen LogP contribution is 2.34. The molecule has 3 rings (SSSR count). The molecule has 0 amide bonds. The molecule has 0 aliphatic carbocycles. The summed E-state index contributed by atoms with van der Waals surface area (Å²) in [6.07, 6.45) is 0.